The van der Waals surface area contributed by atoms with Crippen LogP contribution in [0.3, 0.4) is 0 Å². The monoisotopic (exact) mass is 291 g/mol. The van der Waals surface area contributed by atoms with Gasteiger partial charge in [0, 0.05) is 30.9 Å². The van der Waals surface area contributed by atoms with Gasteiger partial charge in [-0.25, -0.2) is 0 Å². The van der Waals surface area contributed by atoms with E-state index in [0.717, 1.165) is 13.1 Å². The molecule has 0 saturated carbocycles. The number of nitro groups is 1. The standard InChI is InChI=1S/C15H21N3O3/c1-11-7-12(2)9-17(8-11)10-15(19)16-13-3-5-14(6-4-13)18(20)21/h3-6,11-12H,7-10H2,1-2H3,(H,16,19)/t11-,12-/m1/s1. The summed E-state index contributed by atoms with van der Waals surface area (Å²) in [6.45, 7) is 6.66. The van der Waals surface area contributed by atoms with Crippen LogP contribution in [0.4, 0.5) is 11.4 Å². The van der Waals surface area contributed by atoms with Crippen LogP contribution in [-0.4, -0.2) is 35.4 Å². The lowest BCUT2D eigenvalue weighted by atomic mass is 9.92. The fourth-order valence-electron chi connectivity index (χ4n) is 2.99. The molecule has 1 saturated heterocycles. The number of non-ortho nitro benzene ring substituents is 1. The van der Waals surface area contributed by atoms with Gasteiger partial charge in [-0.2, -0.15) is 0 Å². The number of nitro benzene ring substituents is 1. The first-order chi connectivity index (χ1) is 9.94. The summed E-state index contributed by atoms with van der Waals surface area (Å²) < 4.78 is 0. The lowest BCUT2D eigenvalue weighted by molar-refractivity contribution is -0.384. The Bertz CT molecular complexity index is 505. The van der Waals surface area contributed by atoms with Crippen molar-refractivity contribution < 1.29 is 9.72 Å². The number of nitrogens with zero attached hydrogens (tertiary/aromatic N) is 2. The fourth-order valence-corrected chi connectivity index (χ4v) is 2.99. The van der Waals surface area contributed by atoms with Crippen LogP contribution >= 0.6 is 0 Å². The molecule has 1 aliphatic heterocycles. The van der Waals surface area contributed by atoms with Crippen LogP contribution in [0.1, 0.15) is 20.3 Å². The van der Waals surface area contributed by atoms with Crippen molar-refractivity contribution in [1.82, 2.24) is 4.90 Å². The minimum atomic E-state index is -0.456. The molecule has 0 bridgehead atoms. The SMILES string of the molecule is C[C@@H]1C[C@@H](C)CN(CC(=O)Nc2ccc([N+](=O)[O-])cc2)C1. The maximum absolute atomic E-state index is 12.0. The van der Waals surface area contributed by atoms with Gasteiger partial charge < -0.3 is 5.32 Å². The second-order valence-electron chi connectivity index (χ2n) is 5.99. The topological polar surface area (TPSA) is 75.5 Å². The molecule has 1 amide bonds. The molecule has 0 aromatic heterocycles. The molecule has 1 aliphatic rings. The Balaban J connectivity index is 1.88. The molecule has 0 radical (unpaired) electrons. The number of hydrogen-bond acceptors (Lipinski definition) is 4. The van der Waals surface area contributed by atoms with E-state index in [1.807, 2.05) is 0 Å². The lowest BCUT2D eigenvalue weighted by Crippen LogP contribution is -2.42. The Morgan fingerprint density at radius 2 is 1.86 bits per heavy atom. The molecule has 1 aromatic carbocycles. The summed E-state index contributed by atoms with van der Waals surface area (Å²) >= 11 is 0. The summed E-state index contributed by atoms with van der Waals surface area (Å²) in [5, 5.41) is 13.4. The number of benzene rings is 1. The maximum atomic E-state index is 12.0. The first kappa shape index (κ1) is 15.4. The summed E-state index contributed by atoms with van der Waals surface area (Å²) in [5.41, 5.74) is 0.607. The second kappa shape index (κ2) is 6.67. The van der Waals surface area contributed by atoms with Crippen LogP contribution in [0.15, 0.2) is 24.3 Å². The highest BCUT2D eigenvalue weighted by molar-refractivity contribution is 5.92. The molecule has 1 aromatic rings. The number of likely N-dealkylation sites (tertiary alicyclic amines) is 1. The summed E-state index contributed by atoms with van der Waals surface area (Å²) in [6, 6.07) is 5.89. The van der Waals surface area contributed by atoms with Crippen molar-refractivity contribution in [2.45, 2.75) is 20.3 Å². The summed E-state index contributed by atoms with van der Waals surface area (Å²) in [6.07, 6.45) is 1.21. The molecular weight excluding hydrogens is 270 g/mol. The van der Waals surface area contributed by atoms with Crippen LogP contribution in [0.5, 0.6) is 0 Å². The van der Waals surface area contributed by atoms with Gasteiger partial charge in [0.1, 0.15) is 0 Å². The van der Waals surface area contributed by atoms with Gasteiger partial charge in [0.05, 0.1) is 11.5 Å². The zero-order valence-corrected chi connectivity index (χ0v) is 12.4. The van der Waals surface area contributed by atoms with E-state index in [2.05, 4.69) is 24.1 Å². The predicted octanol–water partition coefficient (Wildman–Crippen LogP) is 2.51. The third-order valence-electron chi connectivity index (χ3n) is 3.67. The number of piperidine rings is 1. The van der Waals surface area contributed by atoms with Crippen molar-refractivity contribution in [3.8, 4) is 0 Å². The van der Waals surface area contributed by atoms with E-state index in [1.165, 1.54) is 18.6 Å². The number of carbonyl (C=O) groups is 1. The Morgan fingerprint density at radius 3 is 2.38 bits per heavy atom. The molecule has 114 valence electrons. The van der Waals surface area contributed by atoms with Crippen LogP contribution in [0, 0.1) is 22.0 Å². The molecule has 6 nitrogen and oxygen atoms in total. The highest BCUT2D eigenvalue weighted by Crippen LogP contribution is 2.21. The Morgan fingerprint density at radius 1 is 1.29 bits per heavy atom. The highest BCUT2D eigenvalue weighted by Gasteiger charge is 2.23. The van der Waals surface area contributed by atoms with E-state index in [0.29, 0.717) is 24.1 Å². The molecule has 1 heterocycles. The first-order valence-corrected chi connectivity index (χ1v) is 7.20. The van der Waals surface area contributed by atoms with Gasteiger partial charge >= 0.3 is 0 Å². The van der Waals surface area contributed by atoms with Crippen molar-refractivity contribution in [2.24, 2.45) is 11.8 Å². The second-order valence-corrected chi connectivity index (χ2v) is 5.99. The van der Waals surface area contributed by atoms with E-state index in [-0.39, 0.29) is 11.6 Å². The Hall–Kier alpha value is -1.95. The van der Waals surface area contributed by atoms with E-state index in [1.54, 1.807) is 12.1 Å². The quantitative estimate of drug-likeness (QED) is 0.683. The molecule has 1 fully saturated rings. The lowest BCUT2D eigenvalue weighted by Gasteiger charge is -2.34. The van der Waals surface area contributed by atoms with Crippen molar-refractivity contribution >= 4 is 17.3 Å². The number of anilines is 1. The molecule has 2 rings (SSSR count). The van der Waals surface area contributed by atoms with E-state index in [9.17, 15) is 14.9 Å². The van der Waals surface area contributed by atoms with Gasteiger partial charge in [-0.3, -0.25) is 19.8 Å². The third kappa shape index (κ3) is 4.53. The van der Waals surface area contributed by atoms with E-state index >= 15 is 0 Å². The van der Waals surface area contributed by atoms with Crippen LogP contribution in [0.2, 0.25) is 0 Å². The summed E-state index contributed by atoms with van der Waals surface area (Å²) in [4.78, 5) is 24.3. The number of carbonyl (C=O) groups excluding carboxylic acids is 1. The van der Waals surface area contributed by atoms with Crippen molar-refractivity contribution in [1.29, 1.82) is 0 Å². The fraction of sp³-hybridized carbons (Fsp3) is 0.533. The number of hydrogen-bond donors (Lipinski definition) is 1. The van der Waals surface area contributed by atoms with Gasteiger partial charge in [0.15, 0.2) is 0 Å². The zero-order chi connectivity index (χ0) is 15.4. The molecule has 0 unspecified atom stereocenters. The number of amides is 1. The maximum Gasteiger partial charge on any atom is 0.269 e. The molecule has 21 heavy (non-hydrogen) atoms. The largest absolute Gasteiger partial charge is 0.325 e. The van der Waals surface area contributed by atoms with Gasteiger partial charge in [-0.1, -0.05) is 13.8 Å². The van der Waals surface area contributed by atoms with Crippen LogP contribution in [0.25, 0.3) is 0 Å². The minimum absolute atomic E-state index is 0.0201. The van der Waals surface area contributed by atoms with Crippen molar-refractivity contribution in [3.05, 3.63) is 34.4 Å². The molecule has 1 N–H and O–H groups in total. The molecule has 6 heteroatoms. The summed E-state index contributed by atoms with van der Waals surface area (Å²) in [5.74, 6) is 1.15. The third-order valence-corrected chi connectivity index (χ3v) is 3.67. The molecular formula is C15H21N3O3. The van der Waals surface area contributed by atoms with Gasteiger partial charge in [-0.15, -0.1) is 0 Å². The summed E-state index contributed by atoms with van der Waals surface area (Å²) in [7, 11) is 0. The average Bonchev–Trinajstić information content (AvgIpc) is 2.37. The average molecular weight is 291 g/mol. The Kier molecular flexibility index (Phi) is 4.90. The van der Waals surface area contributed by atoms with Crippen LogP contribution in [-0.2, 0) is 4.79 Å². The van der Waals surface area contributed by atoms with E-state index in [4.69, 9.17) is 0 Å². The van der Waals surface area contributed by atoms with E-state index < -0.39 is 4.92 Å². The highest BCUT2D eigenvalue weighted by atomic mass is 16.6. The zero-order valence-electron chi connectivity index (χ0n) is 12.4. The first-order valence-electron chi connectivity index (χ1n) is 7.20. The van der Waals surface area contributed by atoms with Gasteiger partial charge in [-0.05, 0) is 30.4 Å². The van der Waals surface area contributed by atoms with Crippen molar-refractivity contribution in [2.75, 3.05) is 25.0 Å². The molecule has 2 atom stereocenters. The van der Waals surface area contributed by atoms with Crippen LogP contribution < -0.4 is 5.32 Å². The normalized spacial score (nSPS) is 22.8. The Labute approximate surface area is 124 Å². The van der Waals surface area contributed by atoms with Gasteiger partial charge in [0.2, 0.25) is 5.91 Å². The molecule has 0 spiro atoms. The van der Waals surface area contributed by atoms with Gasteiger partial charge in [0.25, 0.3) is 5.69 Å². The predicted molar refractivity (Wildman–Crippen MR) is 81.1 cm³/mol. The van der Waals surface area contributed by atoms with Crippen molar-refractivity contribution in [3.63, 3.8) is 0 Å². The smallest absolute Gasteiger partial charge is 0.269 e. The minimum Gasteiger partial charge on any atom is -0.325 e. The number of rotatable bonds is 4. The number of nitrogens with one attached hydrogen (secondary N) is 1. The molecule has 0 aliphatic carbocycles.